The molecule has 0 radical (unpaired) electrons. The molecule has 0 bridgehead atoms. The number of hydrogen-bond donors (Lipinski definition) is 0. The van der Waals surface area contributed by atoms with Crippen LogP contribution in [0.3, 0.4) is 0 Å². The quantitative estimate of drug-likeness (QED) is 0.126. The molecule has 78 heavy (non-hydrogen) atoms. The summed E-state index contributed by atoms with van der Waals surface area (Å²) in [4.78, 5) is 121. The average Bonchev–Trinajstić information content (AvgIpc) is 3.67. The Hall–Kier alpha value is -7.10. The number of likely N-dealkylation sites (N-methyl/N-ethyl adjacent to an activating group) is 4. The molecule has 0 spiro atoms. The zero-order valence-electron chi connectivity index (χ0n) is 48.6. The molecule has 0 N–H and O–H groups in total. The molecule has 1 saturated heterocycles. The predicted molar refractivity (Wildman–Crippen MR) is 291 cm³/mol. The summed E-state index contributed by atoms with van der Waals surface area (Å²) in [5, 5.41) is 14.1. The average molecular weight is 1080 g/mol. The first-order chi connectivity index (χ1) is 36.6. The second-order valence-corrected chi connectivity index (χ2v) is 22.4. The molecule has 426 valence electrons. The second-order valence-electron chi connectivity index (χ2n) is 22.4. The van der Waals surface area contributed by atoms with Crippen LogP contribution in [0.1, 0.15) is 129 Å². The van der Waals surface area contributed by atoms with Crippen LogP contribution in [-0.2, 0) is 76.7 Å². The van der Waals surface area contributed by atoms with Gasteiger partial charge in [-0.15, -0.1) is 0 Å². The van der Waals surface area contributed by atoms with Crippen molar-refractivity contribution in [2.75, 3.05) is 28.2 Å². The Morgan fingerprint density at radius 3 is 1.14 bits per heavy atom. The number of carbonyl (C=O) groups excluding carboxylic acids is 8. The summed E-state index contributed by atoms with van der Waals surface area (Å²) in [6, 6.07) is 13.1. The summed E-state index contributed by atoms with van der Waals surface area (Å²) in [7, 11) is 5.53. The molecule has 2 aromatic carbocycles. The number of nitrogens with zero attached hydrogens (tertiary/aromatic N) is 7. The van der Waals surface area contributed by atoms with E-state index in [1.807, 2.05) is 74.4 Å². The van der Waals surface area contributed by atoms with Gasteiger partial charge in [0.15, 0.2) is 24.4 Å². The highest BCUT2D eigenvalue weighted by molar-refractivity contribution is 5.94. The van der Waals surface area contributed by atoms with E-state index in [0.717, 1.165) is 25.2 Å². The van der Waals surface area contributed by atoms with Crippen molar-refractivity contribution in [3.05, 3.63) is 88.2 Å². The molecule has 0 saturated carbocycles. The monoisotopic (exact) mass is 1080 g/mol. The summed E-state index contributed by atoms with van der Waals surface area (Å²) in [6.45, 7) is 21.4. The van der Waals surface area contributed by atoms with E-state index in [1.165, 1.54) is 42.0 Å². The Kier molecular flexibility index (Phi) is 23.2. The molecule has 0 unspecified atom stereocenters. The van der Waals surface area contributed by atoms with Gasteiger partial charge in [-0.25, -0.2) is 19.2 Å². The van der Waals surface area contributed by atoms with Gasteiger partial charge in [-0.3, -0.25) is 23.9 Å². The fourth-order valence-corrected chi connectivity index (χ4v) is 9.49. The lowest BCUT2D eigenvalue weighted by Crippen LogP contribution is -2.55. The van der Waals surface area contributed by atoms with Crippen molar-refractivity contribution in [1.82, 2.24) is 29.4 Å². The van der Waals surface area contributed by atoms with Crippen molar-refractivity contribution in [3.8, 4) is 6.07 Å². The van der Waals surface area contributed by atoms with E-state index >= 15 is 4.79 Å². The Bertz CT molecular complexity index is 2610. The highest BCUT2D eigenvalue weighted by atomic mass is 16.6. The minimum atomic E-state index is -1.56. The molecular formula is C59H83N7O12. The molecule has 4 rings (SSSR count). The minimum Gasteiger partial charge on any atom is -0.451 e. The van der Waals surface area contributed by atoms with Gasteiger partial charge in [0, 0.05) is 41.0 Å². The third kappa shape index (κ3) is 16.9. The van der Waals surface area contributed by atoms with Crippen LogP contribution in [0.15, 0.2) is 54.6 Å². The lowest BCUT2D eigenvalue weighted by molar-refractivity contribution is -0.176. The second kappa shape index (κ2) is 28.5. The number of cyclic esters (lactones) is 4. The number of rotatable bonds is 14. The van der Waals surface area contributed by atoms with E-state index in [4.69, 9.17) is 18.9 Å². The van der Waals surface area contributed by atoms with Gasteiger partial charge in [0.1, 0.15) is 30.2 Å². The number of carbonyl (C=O) groups is 8. The highest BCUT2D eigenvalue weighted by Gasteiger charge is 2.43. The number of esters is 4. The summed E-state index contributed by atoms with van der Waals surface area (Å²) in [5.41, 5.74) is 3.85. The molecule has 1 aliphatic heterocycles. The first-order valence-corrected chi connectivity index (χ1v) is 27.0. The predicted octanol–water partition coefficient (Wildman–Crippen LogP) is 6.40. The molecule has 4 amide bonds. The van der Waals surface area contributed by atoms with Crippen molar-refractivity contribution < 1.29 is 57.3 Å². The number of aromatic nitrogens is 2. The number of aryl methyl sites for hydroxylation is 1. The van der Waals surface area contributed by atoms with Crippen molar-refractivity contribution in [1.29, 1.82) is 5.26 Å². The van der Waals surface area contributed by atoms with E-state index < -0.39 is 96.1 Å². The van der Waals surface area contributed by atoms with Crippen LogP contribution in [0.5, 0.6) is 0 Å². The van der Waals surface area contributed by atoms with Crippen molar-refractivity contribution in [2.24, 2.45) is 23.7 Å². The molecule has 19 nitrogen and oxygen atoms in total. The van der Waals surface area contributed by atoms with E-state index in [-0.39, 0.29) is 62.2 Å². The number of ether oxygens (including phenoxy) is 4. The minimum absolute atomic E-state index is 0.0719. The first kappa shape index (κ1) is 63.4. The molecule has 3 aromatic rings. The Morgan fingerprint density at radius 1 is 0.487 bits per heavy atom. The van der Waals surface area contributed by atoms with Crippen molar-refractivity contribution >= 4 is 47.5 Å². The van der Waals surface area contributed by atoms with E-state index in [9.17, 15) is 38.8 Å². The lowest BCUT2D eigenvalue weighted by atomic mass is 9.99. The van der Waals surface area contributed by atoms with Crippen LogP contribution in [0.25, 0.3) is 0 Å². The maximum absolute atomic E-state index is 15.0. The topological polar surface area (TPSA) is 228 Å². The molecule has 2 heterocycles. The fourth-order valence-electron chi connectivity index (χ4n) is 9.49. The number of hydrogen-bond acceptors (Lipinski definition) is 14. The summed E-state index contributed by atoms with van der Waals surface area (Å²) >= 11 is 0. The van der Waals surface area contributed by atoms with Gasteiger partial charge in [0.2, 0.25) is 0 Å². The number of benzene rings is 2. The Labute approximate surface area is 460 Å². The standard InChI is InChI=1S/C59H83N7O12/c1-34(2)26-46-56(71)75-41(12)53(68)63(14)49(29-37(7)8)59(74)78-51(31-43-22-24-44(25-23-43)33-66-39(10)45(32-60)38(9)61-66)55(70)65(16)47(27-35(3)4)57(72)76-40(11)52(67)62(13)48(28-36(5)6)58(73)77-50(54(69)64(46)15)30-42-20-18-17-19-21-42/h17-25,34-37,40-41,46-51H,26-31,33H2,1-16H3/t40-,41-,46+,47+,48+,49+,50-,51-/m1/s1. The normalized spacial score (nSPS) is 23.4. The van der Waals surface area contributed by atoms with Crippen LogP contribution in [0.4, 0.5) is 0 Å². The number of amides is 4. The molecule has 1 fully saturated rings. The van der Waals surface area contributed by atoms with E-state index in [2.05, 4.69) is 11.2 Å². The molecule has 19 heteroatoms. The highest BCUT2D eigenvalue weighted by Crippen LogP contribution is 2.25. The molecule has 1 aromatic heterocycles. The van der Waals surface area contributed by atoms with Gasteiger partial charge in [0.05, 0.1) is 23.5 Å². The number of nitriles is 1. The van der Waals surface area contributed by atoms with Gasteiger partial charge in [-0.05, 0) is 93.7 Å². The fraction of sp³-hybridized carbons (Fsp3) is 0.593. The van der Waals surface area contributed by atoms with Gasteiger partial charge >= 0.3 is 23.9 Å². The Morgan fingerprint density at radius 2 is 0.808 bits per heavy atom. The summed E-state index contributed by atoms with van der Waals surface area (Å²) in [6.07, 6.45) is -5.96. The lowest BCUT2D eigenvalue weighted by Gasteiger charge is -2.35. The molecular weight excluding hydrogens is 999 g/mol. The SMILES string of the molecule is Cc1nn(Cc2ccc(C[C@H]3OC(=O)[C@H](CC(C)C)N(C)C(=O)[C@@H](C)OC(=O)[C@H](CC(C)C)N(C)C(=O)[C@@H](Cc4ccccc4)OC(=O)[C@H](CC(C)C)N(C)C(=O)[C@@H](C)OC(=O)[C@H](CC(C)C)N(C)C3=O)cc2)c(C)c1C#N. The maximum Gasteiger partial charge on any atom is 0.329 e. The van der Waals surface area contributed by atoms with Gasteiger partial charge in [0.25, 0.3) is 23.6 Å². The van der Waals surface area contributed by atoms with Crippen LogP contribution in [0.2, 0.25) is 0 Å². The van der Waals surface area contributed by atoms with Crippen LogP contribution in [0, 0.1) is 48.9 Å². The van der Waals surface area contributed by atoms with Gasteiger partial charge < -0.3 is 38.5 Å². The van der Waals surface area contributed by atoms with E-state index in [0.29, 0.717) is 34.6 Å². The molecule has 1 aliphatic rings. The smallest absolute Gasteiger partial charge is 0.329 e. The first-order valence-electron chi connectivity index (χ1n) is 27.0. The summed E-state index contributed by atoms with van der Waals surface area (Å²) in [5.74, 6) is -7.46. The van der Waals surface area contributed by atoms with E-state index in [1.54, 1.807) is 54.1 Å². The van der Waals surface area contributed by atoms with Gasteiger partial charge in [-0.2, -0.15) is 10.4 Å². The molecule has 8 atom stereocenters. The van der Waals surface area contributed by atoms with Crippen LogP contribution >= 0.6 is 0 Å². The largest absolute Gasteiger partial charge is 0.451 e. The zero-order valence-corrected chi connectivity index (χ0v) is 48.6. The Balaban J connectivity index is 1.86. The zero-order chi connectivity index (χ0) is 58.5. The van der Waals surface area contributed by atoms with Crippen LogP contribution in [-0.4, -0.2) is 154 Å². The third-order valence-corrected chi connectivity index (χ3v) is 14.0. The van der Waals surface area contributed by atoms with Gasteiger partial charge in [-0.1, -0.05) is 110 Å². The molecule has 0 aliphatic carbocycles. The van der Waals surface area contributed by atoms with Crippen molar-refractivity contribution in [2.45, 2.75) is 177 Å². The van der Waals surface area contributed by atoms with Crippen LogP contribution < -0.4 is 0 Å². The van der Waals surface area contributed by atoms with Crippen molar-refractivity contribution in [3.63, 3.8) is 0 Å². The third-order valence-electron chi connectivity index (χ3n) is 14.0. The summed E-state index contributed by atoms with van der Waals surface area (Å²) < 4.78 is 25.7. The maximum atomic E-state index is 15.0.